The lowest BCUT2D eigenvalue weighted by Gasteiger charge is -2.24. The highest BCUT2D eigenvalue weighted by molar-refractivity contribution is 7.22. The van der Waals surface area contributed by atoms with Crippen LogP contribution in [0.3, 0.4) is 0 Å². The summed E-state index contributed by atoms with van der Waals surface area (Å²) in [5, 5.41) is 11.2. The molecule has 1 N–H and O–H groups in total. The van der Waals surface area contributed by atoms with Gasteiger partial charge >= 0.3 is 0 Å². The number of carbonyl (C=O) groups is 2. The lowest BCUT2D eigenvalue weighted by molar-refractivity contribution is -0.117. The summed E-state index contributed by atoms with van der Waals surface area (Å²) in [5.74, 6) is -1.11. The molecule has 0 fully saturated rings. The fourth-order valence-corrected chi connectivity index (χ4v) is 4.78. The van der Waals surface area contributed by atoms with Crippen LogP contribution in [0, 0.1) is 6.92 Å². The number of rotatable bonds is 5. The minimum atomic E-state index is -0.844. The van der Waals surface area contributed by atoms with Crippen LogP contribution in [0.5, 0.6) is 5.75 Å². The highest BCUT2D eigenvalue weighted by Crippen LogP contribution is 2.44. The van der Waals surface area contributed by atoms with E-state index in [0.717, 1.165) is 10.3 Å². The molecule has 0 saturated heterocycles. The van der Waals surface area contributed by atoms with Gasteiger partial charge in [0.2, 0.25) is 5.78 Å². The Kier molecular flexibility index (Phi) is 4.79. The molecule has 32 heavy (non-hydrogen) atoms. The van der Waals surface area contributed by atoms with Crippen molar-refractivity contribution in [2.24, 2.45) is 0 Å². The van der Waals surface area contributed by atoms with E-state index in [1.165, 1.54) is 28.6 Å². The summed E-state index contributed by atoms with van der Waals surface area (Å²) in [6.07, 6.45) is 1.38. The second kappa shape index (κ2) is 7.65. The van der Waals surface area contributed by atoms with E-state index >= 15 is 0 Å². The zero-order valence-electron chi connectivity index (χ0n) is 17.2. The van der Waals surface area contributed by atoms with Crippen LogP contribution in [0.1, 0.15) is 27.7 Å². The number of anilines is 1. The molecule has 0 aliphatic carbocycles. The number of aliphatic hydroxyl groups is 1. The first kappa shape index (κ1) is 20.0. The Morgan fingerprint density at radius 3 is 2.66 bits per heavy atom. The molecule has 1 aliphatic heterocycles. The van der Waals surface area contributed by atoms with Gasteiger partial charge in [-0.2, -0.15) is 0 Å². The highest BCUT2D eigenvalue weighted by atomic mass is 32.1. The number of ketones is 1. The van der Waals surface area contributed by atoms with Crippen LogP contribution in [-0.2, 0) is 4.79 Å². The van der Waals surface area contributed by atoms with Crippen molar-refractivity contribution in [3.63, 3.8) is 0 Å². The Hall–Kier alpha value is -3.91. The molecule has 7 nitrogen and oxygen atoms in total. The smallest absolute Gasteiger partial charge is 0.296 e. The largest absolute Gasteiger partial charge is 0.503 e. The number of hydrogen-bond donors (Lipinski definition) is 1. The predicted molar refractivity (Wildman–Crippen MR) is 120 cm³/mol. The molecule has 0 saturated carbocycles. The molecule has 8 heteroatoms. The van der Waals surface area contributed by atoms with Crippen molar-refractivity contribution in [2.75, 3.05) is 12.0 Å². The third-order valence-corrected chi connectivity index (χ3v) is 6.40. The van der Waals surface area contributed by atoms with Gasteiger partial charge in [-0.1, -0.05) is 41.2 Å². The van der Waals surface area contributed by atoms with Gasteiger partial charge in [0.25, 0.3) is 5.91 Å². The fourth-order valence-electron chi connectivity index (χ4n) is 3.76. The van der Waals surface area contributed by atoms with E-state index in [2.05, 4.69) is 4.98 Å². The molecule has 5 rings (SSSR count). The second-order valence-corrected chi connectivity index (χ2v) is 8.40. The molecule has 0 spiro atoms. The molecule has 1 atom stereocenters. The topological polar surface area (TPSA) is 92.9 Å². The Balaban J connectivity index is 1.67. The summed E-state index contributed by atoms with van der Waals surface area (Å²) < 4.78 is 11.4. The number of carbonyl (C=O) groups excluding carboxylic acids is 2. The van der Waals surface area contributed by atoms with Crippen molar-refractivity contribution in [3.05, 3.63) is 89.1 Å². The molecule has 160 valence electrons. The Morgan fingerprint density at radius 1 is 1.19 bits per heavy atom. The first-order chi connectivity index (χ1) is 15.5. The zero-order chi connectivity index (χ0) is 22.4. The molecule has 1 aliphatic rings. The lowest BCUT2D eigenvalue weighted by atomic mass is 9.94. The summed E-state index contributed by atoms with van der Waals surface area (Å²) in [7, 11) is 1.58. The van der Waals surface area contributed by atoms with Crippen LogP contribution in [0.25, 0.3) is 10.2 Å². The summed E-state index contributed by atoms with van der Waals surface area (Å²) in [5.41, 5.74) is 2.36. The Bertz CT molecular complexity index is 1370. The fraction of sp³-hybridized carbons (Fsp3) is 0.125. The van der Waals surface area contributed by atoms with Crippen molar-refractivity contribution >= 4 is 38.4 Å². The van der Waals surface area contributed by atoms with E-state index in [4.69, 9.17) is 9.15 Å². The summed E-state index contributed by atoms with van der Waals surface area (Å²) in [4.78, 5) is 32.4. The number of amides is 1. The van der Waals surface area contributed by atoms with E-state index in [-0.39, 0.29) is 11.3 Å². The van der Waals surface area contributed by atoms with Gasteiger partial charge in [-0.25, -0.2) is 4.98 Å². The van der Waals surface area contributed by atoms with Crippen LogP contribution in [0.2, 0.25) is 0 Å². The molecule has 4 aromatic rings. The third-order valence-electron chi connectivity index (χ3n) is 5.38. The minimum Gasteiger partial charge on any atom is -0.503 e. The van der Waals surface area contributed by atoms with Gasteiger partial charge in [0.1, 0.15) is 5.75 Å². The highest BCUT2D eigenvalue weighted by Gasteiger charge is 2.46. The van der Waals surface area contributed by atoms with Crippen molar-refractivity contribution < 1.29 is 23.8 Å². The van der Waals surface area contributed by atoms with Gasteiger partial charge < -0.3 is 14.3 Å². The number of thiazole rings is 1. The van der Waals surface area contributed by atoms with Crippen molar-refractivity contribution in [1.82, 2.24) is 4.98 Å². The van der Waals surface area contributed by atoms with E-state index in [9.17, 15) is 14.7 Å². The van der Waals surface area contributed by atoms with Crippen molar-refractivity contribution in [3.8, 4) is 5.75 Å². The number of hydrogen-bond acceptors (Lipinski definition) is 7. The van der Waals surface area contributed by atoms with Gasteiger partial charge in [0, 0.05) is 0 Å². The molecular formula is C24H18N2O5S. The molecular weight excluding hydrogens is 428 g/mol. The number of ether oxygens (including phenoxy) is 1. The summed E-state index contributed by atoms with van der Waals surface area (Å²) in [6.45, 7) is 1.95. The summed E-state index contributed by atoms with van der Waals surface area (Å²) >= 11 is 1.28. The molecule has 1 unspecified atom stereocenters. The van der Waals surface area contributed by atoms with E-state index in [1.807, 2.05) is 37.3 Å². The van der Waals surface area contributed by atoms with Gasteiger partial charge in [0.05, 0.1) is 35.2 Å². The van der Waals surface area contributed by atoms with Gasteiger partial charge in [-0.15, -0.1) is 0 Å². The first-order valence-electron chi connectivity index (χ1n) is 9.84. The number of Topliss-reactive ketones (excluding diaryl/α,β-unsaturated/α-hetero) is 1. The quantitative estimate of drug-likeness (QED) is 0.434. The van der Waals surface area contributed by atoms with Gasteiger partial charge in [-0.05, 0) is 42.8 Å². The first-order valence-corrected chi connectivity index (χ1v) is 10.7. The van der Waals surface area contributed by atoms with Crippen LogP contribution in [0.15, 0.2) is 76.6 Å². The van der Waals surface area contributed by atoms with Crippen LogP contribution in [0.4, 0.5) is 5.13 Å². The molecule has 0 radical (unpaired) electrons. The maximum absolute atomic E-state index is 13.2. The maximum atomic E-state index is 13.2. The monoisotopic (exact) mass is 446 g/mol. The predicted octanol–water partition coefficient (Wildman–Crippen LogP) is 4.99. The van der Waals surface area contributed by atoms with Gasteiger partial charge in [0.15, 0.2) is 16.7 Å². The lowest BCUT2D eigenvalue weighted by Crippen LogP contribution is -2.30. The molecule has 3 heterocycles. The van der Waals surface area contributed by atoms with Gasteiger partial charge in [-0.3, -0.25) is 14.5 Å². The van der Waals surface area contributed by atoms with Crippen LogP contribution in [-0.4, -0.2) is 28.9 Å². The number of fused-ring (bicyclic) bond motifs is 1. The van der Waals surface area contributed by atoms with Crippen molar-refractivity contribution in [1.29, 1.82) is 0 Å². The number of aryl methyl sites for hydroxylation is 1. The van der Waals surface area contributed by atoms with E-state index in [0.29, 0.717) is 22.0 Å². The normalized spacial score (nSPS) is 16.2. The standard InChI is InChI=1S/C24H18N2O5S/c1-13-5-7-14(8-6-13)20-19(21(27)17-4-3-11-31-17)22(28)23(29)26(20)24-25-16-10-9-15(30-2)12-18(16)32-24/h3-12,20,28H,1-2H3. The van der Waals surface area contributed by atoms with Crippen molar-refractivity contribution in [2.45, 2.75) is 13.0 Å². The SMILES string of the molecule is COc1ccc2nc(N3C(=O)C(O)=C(C(=O)c4ccco4)C3c3ccc(C)cc3)sc2c1. The second-order valence-electron chi connectivity index (χ2n) is 7.39. The van der Waals surface area contributed by atoms with E-state index in [1.54, 1.807) is 25.3 Å². The third kappa shape index (κ3) is 3.16. The number of aliphatic hydroxyl groups excluding tert-OH is 1. The zero-order valence-corrected chi connectivity index (χ0v) is 18.1. The number of aromatic nitrogens is 1. The summed E-state index contributed by atoms with van der Waals surface area (Å²) in [6, 6.07) is 15.1. The average Bonchev–Trinajstić information content (AvgIpc) is 3.52. The number of methoxy groups -OCH3 is 1. The maximum Gasteiger partial charge on any atom is 0.296 e. The minimum absolute atomic E-state index is 0.0364. The number of benzene rings is 2. The Morgan fingerprint density at radius 2 is 1.97 bits per heavy atom. The number of nitrogens with zero attached hydrogens (tertiary/aromatic N) is 2. The average molecular weight is 446 g/mol. The van der Waals surface area contributed by atoms with Crippen LogP contribution >= 0.6 is 11.3 Å². The molecule has 2 aromatic heterocycles. The molecule has 2 aromatic carbocycles. The Labute approximate surface area is 187 Å². The van der Waals surface area contributed by atoms with Crippen LogP contribution < -0.4 is 9.64 Å². The molecule has 1 amide bonds. The molecule has 0 bridgehead atoms. The number of furan rings is 1. The van der Waals surface area contributed by atoms with E-state index < -0.39 is 23.5 Å².